The summed E-state index contributed by atoms with van der Waals surface area (Å²) in [5.74, 6) is -0.502. The summed E-state index contributed by atoms with van der Waals surface area (Å²) in [4.78, 5) is 12.7. The third-order valence-corrected chi connectivity index (χ3v) is 2.28. The molecule has 0 aliphatic carbocycles. The Morgan fingerprint density at radius 3 is 2.38 bits per heavy atom. The van der Waals surface area contributed by atoms with E-state index in [4.69, 9.17) is 11.5 Å². The molecule has 0 saturated carbocycles. The molecule has 1 aromatic carbocycles. The Labute approximate surface area is 95.4 Å². The van der Waals surface area contributed by atoms with Crippen molar-refractivity contribution in [2.75, 3.05) is 30.9 Å². The van der Waals surface area contributed by atoms with Gasteiger partial charge in [0.15, 0.2) is 0 Å². The predicted octanol–water partition coefficient (Wildman–Crippen LogP) is -0.0229. The molecule has 0 aliphatic rings. The molecule has 0 spiro atoms. The Bertz CT molecular complexity index is 348. The molecule has 16 heavy (non-hydrogen) atoms. The minimum atomic E-state index is -0.659. The van der Waals surface area contributed by atoms with Gasteiger partial charge in [-0.25, -0.2) is 0 Å². The fourth-order valence-corrected chi connectivity index (χ4v) is 1.21. The van der Waals surface area contributed by atoms with Gasteiger partial charge in [0, 0.05) is 32.0 Å². The Morgan fingerprint density at radius 1 is 1.38 bits per heavy atom. The first-order chi connectivity index (χ1) is 7.50. The zero-order valence-corrected chi connectivity index (χ0v) is 9.60. The summed E-state index contributed by atoms with van der Waals surface area (Å²) < 4.78 is 0. The van der Waals surface area contributed by atoms with Crippen molar-refractivity contribution in [3.63, 3.8) is 0 Å². The molecule has 1 atom stereocenters. The highest BCUT2D eigenvalue weighted by Gasteiger charge is 2.07. The van der Waals surface area contributed by atoms with E-state index in [1.54, 1.807) is 0 Å². The highest BCUT2D eigenvalue weighted by Crippen LogP contribution is 2.15. The summed E-state index contributed by atoms with van der Waals surface area (Å²) >= 11 is 0. The number of carbonyl (C=O) groups is 1. The lowest BCUT2D eigenvalue weighted by molar-refractivity contribution is -0.118. The molecule has 1 amide bonds. The molecule has 0 heterocycles. The average Bonchev–Trinajstić information content (AvgIpc) is 2.26. The third-order valence-electron chi connectivity index (χ3n) is 2.28. The second kappa shape index (κ2) is 5.37. The molecule has 0 fully saturated rings. The number of rotatable bonds is 5. The van der Waals surface area contributed by atoms with E-state index in [0.717, 1.165) is 11.4 Å². The molecule has 5 N–H and O–H groups in total. The molecule has 5 nitrogen and oxygen atoms in total. The van der Waals surface area contributed by atoms with Crippen molar-refractivity contribution in [3.05, 3.63) is 24.3 Å². The van der Waals surface area contributed by atoms with E-state index in [1.165, 1.54) is 0 Å². The van der Waals surface area contributed by atoms with E-state index in [1.807, 2.05) is 43.3 Å². The molecule has 0 bridgehead atoms. The zero-order valence-electron chi connectivity index (χ0n) is 9.60. The molecule has 0 aromatic heterocycles. The summed E-state index contributed by atoms with van der Waals surface area (Å²) in [6, 6.07) is 7.18. The molecular weight excluding hydrogens is 204 g/mol. The second-order valence-corrected chi connectivity index (χ2v) is 3.83. The average molecular weight is 222 g/mol. The second-order valence-electron chi connectivity index (χ2n) is 3.83. The van der Waals surface area contributed by atoms with E-state index in [2.05, 4.69) is 5.32 Å². The Kier molecular flexibility index (Phi) is 4.13. The fraction of sp³-hybridized carbons (Fsp3) is 0.364. The lowest BCUT2D eigenvalue weighted by Gasteiger charge is -2.14. The quantitative estimate of drug-likeness (QED) is 0.653. The van der Waals surface area contributed by atoms with Crippen molar-refractivity contribution < 1.29 is 4.79 Å². The van der Waals surface area contributed by atoms with Gasteiger partial charge in [-0.15, -0.1) is 0 Å². The molecule has 1 rings (SSSR count). The SMILES string of the molecule is CN(C)c1ccc(NCC(N)C(N)=O)cc1. The van der Waals surface area contributed by atoms with E-state index >= 15 is 0 Å². The summed E-state index contributed by atoms with van der Waals surface area (Å²) in [6.45, 7) is 0.344. The van der Waals surface area contributed by atoms with Gasteiger partial charge >= 0.3 is 0 Å². The topological polar surface area (TPSA) is 84.4 Å². The van der Waals surface area contributed by atoms with E-state index in [9.17, 15) is 4.79 Å². The monoisotopic (exact) mass is 222 g/mol. The highest BCUT2D eigenvalue weighted by molar-refractivity contribution is 5.80. The number of nitrogens with zero attached hydrogens (tertiary/aromatic N) is 1. The summed E-state index contributed by atoms with van der Waals surface area (Å²) in [5.41, 5.74) is 12.6. The van der Waals surface area contributed by atoms with Crippen LogP contribution in [0.3, 0.4) is 0 Å². The van der Waals surface area contributed by atoms with Crippen molar-refractivity contribution in [3.8, 4) is 0 Å². The molecule has 0 aliphatic heterocycles. The van der Waals surface area contributed by atoms with Gasteiger partial charge in [-0.3, -0.25) is 4.79 Å². The molecule has 1 aromatic rings. The summed E-state index contributed by atoms with van der Waals surface area (Å²) in [7, 11) is 3.96. The van der Waals surface area contributed by atoms with Crippen molar-refractivity contribution >= 4 is 17.3 Å². The maximum atomic E-state index is 10.7. The number of anilines is 2. The lowest BCUT2D eigenvalue weighted by Crippen LogP contribution is -2.41. The zero-order chi connectivity index (χ0) is 12.1. The largest absolute Gasteiger partial charge is 0.383 e. The first-order valence-corrected chi connectivity index (χ1v) is 5.07. The van der Waals surface area contributed by atoms with Crippen LogP contribution in [0.15, 0.2) is 24.3 Å². The van der Waals surface area contributed by atoms with E-state index in [0.29, 0.717) is 6.54 Å². The van der Waals surface area contributed by atoms with Crippen LogP contribution in [0.4, 0.5) is 11.4 Å². The smallest absolute Gasteiger partial charge is 0.236 e. The van der Waals surface area contributed by atoms with Crippen LogP contribution in [-0.2, 0) is 4.79 Å². The predicted molar refractivity (Wildman–Crippen MR) is 66.4 cm³/mol. The minimum Gasteiger partial charge on any atom is -0.383 e. The van der Waals surface area contributed by atoms with Gasteiger partial charge < -0.3 is 21.7 Å². The molecule has 0 saturated heterocycles. The number of hydrogen-bond acceptors (Lipinski definition) is 4. The lowest BCUT2D eigenvalue weighted by atomic mass is 10.2. The van der Waals surface area contributed by atoms with Crippen LogP contribution >= 0.6 is 0 Å². The normalized spacial score (nSPS) is 11.9. The van der Waals surface area contributed by atoms with E-state index in [-0.39, 0.29) is 0 Å². The Hall–Kier alpha value is -1.75. The number of nitrogens with two attached hydrogens (primary N) is 2. The van der Waals surface area contributed by atoms with Crippen LogP contribution in [0.5, 0.6) is 0 Å². The van der Waals surface area contributed by atoms with Gasteiger partial charge in [-0.1, -0.05) is 0 Å². The number of amides is 1. The van der Waals surface area contributed by atoms with Gasteiger partial charge in [0.1, 0.15) is 6.04 Å². The number of nitrogens with one attached hydrogen (secondary N) is 1. The Balaban J connectivity index is 2.52. The summed E-state index contributed by atoms with van der Waals surface area (Å²) in [6.07, 6.45) is 0. The first kappa shape index (κ1) is 12.3. The summed E-state index contributed by atoms with van der Waals surface area (Å²) in [5, 5.41) is 3.05. The standard InChI is InChI=1S/C11H18N4O/c1-15(2)9-5-3-8(4-6-9)14-7-10(12)11(13)16/h3-6,10,14H,7,12H2,1-2H3,(H2,13,16). The molecule has 1 unspecified atom stereocenters. The molecule has 88 valence electrons. The highest BCUT2D eigenvalue weighted by atomic mass is 16.1. The van der Waals surface area contributed by atoms with Crippen LogP contribution in [0.25, 0.3) is 0 Å². The van der Waals surface area contributed by atoms with Crippen LogP contribution in [-0.4, -0.2) is 32.6 Å². The van der Waals surface area contributed by atoms with Gasteiger partial charge in [0.25, 0.3) is 0 Å². The van der Waals surface area contributed by atoms with Gasteiger partial charge in [-0.2, -0.15) is 0 Å². The van der Waals surface area contributed by atoms with Crippen molar-refractivity contribution in [1.82, 2.24) is 0 Å². The van der Waals surface area contributed by atoms with E-state index < -0.39 is 11.9 Å². The Morgan fingerprint density at radius 2 is 1.94 bits per heavy atom. The number of benzene rings is 1. The van der Waals surface area contributed by atoms with Crippen LogP contribution in [0.1, 0.15) is 0 Å². The van der Waals surface area contributed by atoms with Crippen LogP contribution in [0, 0.1) is 0 Å². The maximum absolute atomic E-state index is 10.7. The van der Waals surface area contributed by atoms with Crippen LogP contribution in [0.2, 0.25) is 0 Å². The van der Waals surface area contributed by atoms with Crippen molar-refractivity contribution in [2.24, 2.45) is 11.5 Å². The number of carbonyl (C=O) groups excluding carboxylic acids is 1. The molecule has 5 heteroatoms. The molecule has 0 radical (unpaired) electrons. The number of primary amides is 1. The number of hydrogen-bond donors (Lipinski definition) is 3. The van der Waals surface area contributed by atoms with Gasteiger partial charge in [0.2, 0.25) is 5.91 Å². The minimum absolute atomic E-state index is 0.344. The van der Waals surface area contributed by atoms with Crippen molar-refractivity contribution in [2.45, 2.75) is 6.04 Å². The third kappa shape index (κ3) is 3.43. The van der Waals surface area contributed by atoms with Gasteiger partial charge in [0.05, 0.1) is 0 Å². The fourth-order valence-electron chi connectivity index (χ4n) is 1.21. The maximum Gasteiger partial charge on any atom is 0.236 e. The van der Waals surface area contributed by atoms with Crippen molar-refractivity contribution in [1.29, 1.82) is 0 Å². The van der Waals surface area contributed by atoms with Crippen LogP contribution < -0.4 is 21.7 Å². The van der Waals surface area contributed by atoms with Gasteiger partial charge in [-0.05, 0) is 24.3 Å². The first-order valence-electron chi connectivity index (χ1n) is 5.07. The molecular formula is C11H18N4O.